The minimum absolute atomic E-state index is 0.0969. The van der Waals surface area contributed by atoms with Crippen LogP contribution in [-0.2, 0) is 17.6 Å². The normalized spacial score (nSPS) is 15.9. The number of anilines is 1. The van der Waals surface area contributed by atoms with Crippen molar-refractivity contribution >= 4 is 22.2 Å². The lowest BCUT2D eigenvalue weighted by Crippen LogP contribution is -2.33. The number of hydrogen-bond donors (Lipinski definition) is 1. The fourth-order valence-electron chi connectivity index (χ4n) is 3.28. The molecule has 1 atom stereocenters. The van der Waals surface area contributed by atoms with Crippen molar-refractivity contribution in [1.29, 1.82) is 5.26 Å². The van der Waals surface area contributed by atoms with E-state index in [4.69, 9.17) is 4.74 Å². The molecule has 27 heavy (non-hydrogen) atoms. The van der Waals surface area contributed by atoms with Gasteiger partial charge in [-0.3, -0.25) is 9.69 Å². The van der Waals surface area contributed by atoms with E-state index in [9.17, 15) is 10.1 Å². The molecule has 0 spiro atoms. The molecule has 0 radical (unpaired) electrons. The van der Waals surface area contributed by atoms with Crippen LogP contribution < -0.4 is 10.1 Å². The van der Waals surface area contributed by atoms with Crippen molar-refractivity contribution in [3.05, 3.63) is 46.3 Å². The summed E-state index contributed by atoms with van der Waals surface area (Å²) < 4.78 is 5.66. The number of fused-ring (bicyclic) bond motifs is 1. The van der Waals surface area contributed by atoms with Crippen LogP contribution in [-0.4, -0.2) is 37.6 Å². The largest absolute Gasteiger partial charge is 0.492 e. The third-order valence-corrected chi connectivity index (χ3v) is 5.94. The Morgan fingerprint density at radius 3 is 2.93 bits per heavy atom. The number of carbonyl (C=O) groups excluding carboxylic acids is 1. The third kappa shape index (κ3) is 5.09. The summed E-state index contributed by atoms with van der Waals surface area (Å²) in [4.78, 5) is 15.6. The average molecular weight is 384 g/mol. The maximum absolute atomic E-state index is 12.4. The number of rotatable bonds is 7. The zero-order valence-electron chi connectivity index (χ0n) is 15.8. The van der Waals surface area contributed by atoms with Crippen LogP contribution in [0.25, 0.3) is 0 Å². The van der Waals surface area contributed by atoms with E-state index >= 15 is 0 Å². The maximum atomic E-state index is 12.4. The Morgan fingerprint density at radius 1 is 1.41 bits per heavy atom. The second kappa shape index (κ2) is 9.03. The molecule has 1 aromatic heterocycles. The summed E-state index contributed by atoms with van der Waals surface area (Å²) in [6.45, 7) is 3.66. The summed E-state index contributed by atoms with van der Waals surface area (Å²) in [5, 5.41) is 13.2. The number of carbonyl (C=O) groups is 1. The molecule has 142 valence electrons. The van der Waals surface area contributed by atoms with Crippen molar-refractivity contribution in [2.75, 3.05) is 32.1 Å². The van der Waals surface area contributed by atoms with Gasteiger partial charge in [-0.2, -0.15) is 5.26 Å². The van der Waals surface area contributed by atoms with Crippen LogP contribution in [0.5, 0.6) is 5.75 Å². The van der Waals surface area contributed by atoms with Crippen LogP contribution in [0.4, 0.5) is 5.00 Å². The Morgan fingerprint density at radius 2 is 2.19 bits per heavy atom. The van der Waals surface area contributed by atoms with Crippen LogP contribution in [0.15, 0.2) is 30.3 Å². The summed E-state index contributed by atoms with van der Waals surface area (Å²) in [7, 11) is 1.89. The summed E-state index contributed by atoms with van der Waals surface area (Å²) >= 11 is 1.56. The number of amides is 1. The van der Waals surface area contributed by atoms with E-state index in [-0.39, 0.29) is 12.5 Å². The first-order chi connectivity index (χ1) is 13.1. The Balaban J connectivity index is 1.51. The van der Waals surface area contributed by atoms with Gasteiger partial charge in [-0.05, 0) is 49.9 Å². The molecule has 1 N–H and O–H groups in total. The second-order valence-electron chi connectivity index (χ2n) is 7.12. The highest BCUT2D eigenvalue weighted by Crippen LogP contribution is 2.39. The Labute approximate surface area is 164 Å². The third-order valence-electron chi connectivity index (χ3n) is 4.77. The van der Waals surface area contributed by atoms with Crippen LogP contribution in [0.2, 0.25) is 0 Å². The fourth-order valence-corrected chi connectivity index (χ4v) is 4.66. The molecule has 0 saturated heterocycles. The quantitative estimate of drug-likeness (QED) is 0.792. The summed E-state index contributed by atoms with van der Waals surface area (Å²) in [6.07, 6.45) is 3.04. The van der Waals surface area contributed by atoms with E-state index < -0.39 is 0 Å². The molecular formula is C21H25N3O2S. The number of para-hydroxylation sites is 1. The first-order valence-electron chi connectivity index (χ1n) is 9.27. The van der Waals surface area contributed by atoms with E-state index in [0.29, 0.717) is 29.6 Å². The predicted molar refractivity (Wildman–Crippen MR) is 108 cm³/mol. The first kappa shape index (κ1) is 19.4. The first-order valence-corrected chi connectivity index (χ1v) is 10.1. The van der Waals surface area contributed by atoms with Crippen molar-refractivity contribution in [2.45, 2.75) is 26.2 Å². The van der Waals surface area contributed by atoms with E-state index in [1.54, 1.807) is 11.3 Å². The molecule has 1 amide bonds. The van der Waals surface area contributed by atoms with Gasteiger partial charge in [-0.1, -0.05) is 25.1 Å². The number of nitrogens with zero attached hydrogens (tertiary/aromatic N) is 2. The van der Waals surface area contributed by atoms with Gasteiger partial charge in [0.05, 0.1) is 12.1 Å². The molecule has 1 aliphatic carbocycles. The molecule has 5 nitrogen and oxygen atoms in total. The average Bonchev–Trinajstić information content (AvgIpc) is 2.98. The molecule has 0 saturated carbocycles. The number of thiophene rings is 1. The molecule has 0 fully saturated rings. The van der Waals surface area contributed by atoms with Crippen molar-refractivity contribution in [3.8, 4) is 11.8 Å². The zero-order chi connectivity index (χ0) is 19.2. The van der Waals surface area contributed by atoms with Gasteiger partial charge in [0.15, 0.2) is 0 Å². The molecule has 3 rings (SSSR count). The van der Waals surface area contributed by atoms with E-state index in [2.05, 4.69) is 18.3 Å². The molecule has 0 unspecified atom stereocenters. The minimum atomic E-state index is -0.0969. The number of hydrogen-bond acceptors (Lipinski definition) is 5. The van der Waals surface area contributed by atoms with E-state index in [0.717, 1.165) is 30.6 Å². The Bertz CT molecular complexity index is 826. The van der Waals surface area contributed by atoms with Gasteiger partial charge in [0, 0.05) is 11.4 Å². The lowest BCUT2D eigenvalue weighted by Gasteiger charge is -2.17. The summed E-state index contributed by atoms with van der Waals surface area (Å²) in [5.41, 5.74) is 1.80. The highest BCUT2D eigenvalue weighted by atomic mass is 32.1. The van der Waals surface area contributed by atoms with Crippen LogP contribution >= 0.6 is 11.3 Å². The van der Waals surface area contributed by atoms with E-state index in [1.807, 2.05) is 42.3 Å². The van der Waals surface area contributed by atoms with Crippen LogP contribution in [0.3, 0.4) is 0 Å². The van der Waals surface area contributed by atoms with Crippen LogP contribution in [0, 0.1) is 17.2 Å². The molecular weight excluding hydrogens is 358 g/mol. The fraction of sp³-hybridized carbons (Fsp3) is 0.429. The minimum Gasteiger partial charge on any atom is -0.492 e. The SMILES string of the molecule is C[C@@H]1CCc2c(sc(NC(=O)CN(C)CCOc3ccccc3)c2C#N)C1. The highest BCUT2D eigenvalue weighted by molar-refractivity contribution is 7.16. The lowest BCUT2D eigenvalue weighted by atomic mass is 9.89. The van der Waals surface area contributed by atoms with Gasteiger partial charge < -0.3 is 10.1 Å². The molecule has 6 heteroatoms. The van der Waals surface area contributed by atoms with Crippen molar-refractivity contribution in [1.82, 2.24) is 4.90 Å². The molecule has 2 aromatic rings. The Kier molecular flexibility index (Phi) is 6.49. The van der Waals surface area contributed by atoms with Gasteiger partial charge in [-0.15, -0.1) is 11.3 Å². The monoisotopic (exact) mass is 383 g/mol. The molecule has 0 aliphatic heterocycles. The smallest absolute Gasteiger partial charge is 0.239 e. The predicted octanol–water partition coefficient (Wildman–Crippen LogP) is 3.69. The van der Waals surface area contributed by atoms with Gasteiger partial charge in [0.25, 0.3) is 0 Å². The lowest BCUT2D eigenvalue weighted by molar-refractivity contribution is -0.117. The maximum Gasteiger partial charge on any atom is 0.239 e. The highest BCUT2D eigenvalue weighted by Gasteiger charge is 2.24. The Hall–Kier alpha value is -2.36. The number of nitrogens with one attached hydrogen (secondary N) is 1. The molecule has 0 bridgehead atoms. The van der Waals surface area contributed by atoms with Gasteiger partial charge in [-0.25, -0.2) is 0 Å². The van der Waals surface area contributed by atoms with Crippen LogP contribution in [0.1, 0.15) is 29.3 Å². The van der Waals surface area contributed by atoms with Gasteiger partial charge in [0.2, 0.25) is 5.91 Å². The topological polar surface area (TPSA) is 65.4 Å². The van der Waals surface area contributed by atoms with Gasteiger partial charge in [0.1, 0.15) is 23.4 Å². The standard InChI is InChI=1S/C21H25N3O2S/c1-15-8-9-17-18(13-22)21(27-19(17)12-15)23-20(25)14-24(2)10-11-26-16-6-4-3-5-7-16/h3-7,15H,8-12,14H2,1-2H3,(H,23,25)/t15-/m1/s1. The second-order valence-corrected chi connectivity index (χ2v) is 8.22. The van der Waals surface area contributed by atoms with Crippen molar-refractivity contribution < 1.29 is 9.53 Å². The summed E-state index contributed by atoms with van der Waals surface area (Å²) in [6, 6.07) is 11.9. The summed E-state index contributed by atoms with van der Waals surface area (Å²) in [5.74, 6) is 1.37. The van der Waals surface area contributed by atoms with Gasteiger partial charge >= 0.3 is 0 Å². The zero-order valence-corrected chi connectivity index (χ0v) is 16.6. The van der Waals surface area contributed by atoms with Crippen molar-refractivity contribution in [3.63, 3.8) is 0 Å². The van der Waals surface area contributed by atoms with Crippen molar-refractivity contribution in [2.24, 2.45) is 5.92 Å². The number of benzene rings is 1. The molecule has 1 heterocycles. The molecule has 1 aliphatic rings. The number of ether oxygens (including phenoxy) is 1. The number of likely N-dealkylation sites (N-methyl/N-ethyl adjacent to an activating group) is 1. The van der Waals surface area contributed by atoms with E-state index in [1.165, 1.54) is 4.88 Å². The number of nitriles is 1. The molecule has 1 aromatic carbocycles.